The normalized spacial score (nSPS) is 16.5. The minimum atomic E-state index is -0.562. The highest BCUT2D eigenvalue weighted by molar-refractivity contribution is 7.99. The summed E-state index contributed by atoms with van der Waals surface area (Å²) in [7, 11) is 8.33. The summed E-state index contributed by atoms with van der Waals surface area (Å²) in [6.45, 7) is 3.52. The lowest BCUT2D eigenvalue weighted by atomic mass is 9.81. The smallest absolute Gasteiger partial charge is 0.123 e. The molecule has 4 aromatic rings. The number of nitrogens with zero attached hydrogens (tertiary/aromatic N) is 4. The highest BCUT2D eigenvalue weighted by atomic mass is 35.5. The first-order valence-corrected chi connectivity index (χ1v) is 16.5. The Morgan fingerprint density at radius 2 is 1.60 bits per heavy atom. The van der Waals surface area contributed by atoms with Gasteiger partial charge in [-0.1, -0.05) is 53.7 Å². The fourth-order valence-corrected chi connectivity index (χ4v) is 7.24. The molecule has 5 nitrogen and oxygen atoms in total. The number of rotatable bonds is 9. The average molecular weight is 643 g/mol. The van der Waals surface area contributed by atoms with Gasteiger partial charge in [-0.15, -0.1) is 0 Å². The summed E-state index contributed by atoms with van der Waals surface area (Å²) in [4.78, 5) is 9.37. The molecular weight excluding hydrogens is 603 g/mol. The van der Waals surface area contributed by atoms with Gasteiger partial charge in [0.25, 0.3) is 0 Å². The van der Waals surface area contributed by atoms with Gasteiger partial charge in [-0.2, -0.15) is 5.26 Å². The molecule has 0 radical (unpaired) electrons. The minimum Gasteiger partial charge on any atom is -0.361 e. The van der Waals surface area contributed by atoms with E-state index < -0.39 is 5.60 Å². The maximum Gasteiger partial charge on any atom is 0.123 e. The van der Waals surface area contributed by atoms with Crippen LogP contribution in [-0.4, -0.2) is 57.6 Å². The van der Waals surface area contributed by atoms with E-state index in [1.54, 1.807) is 12.1 Å². The number of hydrogen-bond acceptors (Lipinski definition) is 6. The van der Waals surface area contributed by atoms with Crippen molar-refractivity contribution >= 4 is 34.7 Å². The molecule has 0 fully saturated rings. The molecular formula is C37H40ClFN4OS. The van der Waals surface area contributed by atoms with Crippen LogP contribution in [0.4, 0.5) is 15.8 Å². The fraction of sp³-hybridized carbons (Fsp3) is 0.324. The molecule has 6 rings (SSSR count). The van der Waals surface area contributed by atoms with Crippen LogP contribution in [0.3, 0.4) is 0 Å². The minimum absolute atomic E-state index is 0.250. The Hall–Kier alpha value is -3.38. The van der Waals surface area contributed by atoms with Crippen molar-refractivity contribution in [1.82, 2.24) is 9.80 Å². The summed E-state index contributed by atoms with van der Waals surface area (Å²) in [5.41, 5.74) is 5.69. The van der Waals surface area contributed by atoms with E-state index in [1.165, 1.54) is 33.3 Å². The zero-order valence-electron chi connectivity index (χ0n) is 26.4. The van der Waals surface area contributed by atoms with E-state index in [0.717, 1.165) is 60.6 Å². The van der Waals surface area contributed by atoms with Gasteiger partial charge in [0.1, 0.15) is 11.4 Å². The molecule has 1 atom stereocenters. The molecule has 2 aliphatic heterocycles. The lowest BCUT2D eigenvalue weighted by Gasteiger charge is -2.33. The molecule has 0 amide bonds. The van der Waals surface area contributed by atoms with Crippen LogP contribution >= 0.6 is 23.4 Å². The van der Waals surface area contributed by atoms with Crippen molar-refractivity contribution in [3.8, 4) is 6.07 Å². The lowest BCUT2D eigenvalue weighted by Crippen LogP contribution is -2.28. The molecule has 4 aromatic carbocycles. The number of para-hydroxylation sites is 1. The molecule has 2 heterocycles. The molecule has 45 heavy (non-hydrogen) atoms. The maximum absolute atomic E-state index is 13.4. The van der Waals surface area contributed by atoms with Gasteiger partial charge in [-0.3, -0.25) is 0 Å². The Morgan fingerprint density at radius 3 is 2.33 bits per heavy atom. The van der Waals surface area contributed by atoms with Crippen molar-refractivity contribution in [3.05, 3.63) is 118 Å². The Morgan fingerprint density at radius 1 is 0.889 bits per heavy atom. The van der Waals surface area contributed by atoms with E-state index in [4.69, 9.17) is 21.6 Å². The van der Waals surface area contributed by atoms with Crippen molar-refractivity contribution in [2.75, 3.05) is 52.7 Å². The van der Waals surface area contributed by atoms with Crippen LogP contribution in [0, 0.1) is 17.1 Å². The summed E-state index contributed by atoms with van der Waals surface area (Å²) < 4.78 is 19.6. The van der Waals surface area contributed by atoms with E-state index in [9.17, 15) is 4.39 Å². The highest BCUT2D eigenvalue weighted by Gasteiger charge is 2.41. The second kappa shape index (κ2) is 14.8. The van der Waals surface area contributed by atoms with Gasteiger partial charge < -0.3 is 19.4 Å². The van der Waals surface area contributed by atoms with Crippen molar-refractivity contribution in [1.29, 1.82) is 5.26 Å². The van der Waals surface area contributed by atoms with Gasteiger partial charge in [0.05, 0.1) is 29.6 Å². The van der Waals surface area contributed by atoms with Crippen molar-refractivity contribution < 1.29 is 9.13 Å². The second-order valence-electron chi connectivity index (χ2n) is 12.0. The monoisotopic (exact) mass is 642 g/mol. The predicted octanol–water partition coefficient (Wildman–Crippen LogP) is 8.71. The number of nitriles is 1. The molecule has 8 heteroatoms. The molecule has 0 spiro atoms. The maximum atomic E-state index is 13.4. The molecule has 0 bridgehead atoms. The van der Waals surface area contributed by atoms with Crippen molar-refractivity contribution in [3.63, 3.8) is 0 Å². The number of hydrogen-bond donors (Lipinski definition) is 0. The number of halogens is 2. The Labute approximate surface area is 276 Å². The standard InChI is InChI=1S/C20H21FN2O.C17H19ClN2S/c1-23(2)11-3-10-20(17-5-7-18(21)8-6-17)19-9-4-15(13-22)12-16(19)14-24-20;1-19(2)10-5-11-20-14-6-3-4-7-16(14)21-17-9-8-13(18)12-15(17)20/h4-9,12H,3,10-11,14H2,1-2H3;3-4,6-9,12H,5,10-11H2,1-2H3. The van der Waals surface area contributed by atoms with Crippen LogP contribution in [0.2, 0.25) is 5.02 Å². The number of benzene rings is 4. The summed E-state index contributed by atoms with van der Waals surface area (Å²) in [6.07, 6.45) is 2.90. The molecule has 234 valence electrons. The first-order chi connectivity index (χ1) is 21.7. The van der Waals surface area contributed by atoms with Gasteiger partial charge in [0.15, 0.2) is 0 Å². The van der Waals surface area contributed by atoms with Crippen LogP contribution < -0.4 is 4.90 Å². The molecule has 1 unspecified atom stereocenters. The third kappa shape index (κ3) is 7.71. The van der Waals surface area contributed by atoms with Crippen LogP contribution in [0.15, 0.2) is 94.7 Å². The lowest BCUT2D eigenvalue weighted by molar-refractivity contribution is -0.0140. The molecule has 0 saturated carbocycles. The van der Waals surface area contributed by atoms with E-state index in [2.05, 4.69) is 71.3 Å². The van der Waals surface area contributed by atoms with Crippen molar-refractivity contribution in [2.45, 2.75) is 41.3 Å². The van der Waals surface area contributed by atoms with E-state index >= 15 is 0 Å². The summed E-state index contributed by atoms with van der Waals surface area (Å²) >= 11 is 8.03. The van der Waals surface area contributed by atoms with Crippen LogP contribution in [-0.2, 0) is 16.9 Å². The zero-order chi connectivity index (χ0) is 32.0. The predicted molar refractivity (Wildman–Crippen MR) is 183 cm³/mol. The Balaban J connectivity index is 0.000000179. The third-order valence-corrected chi connectivity index (χ3v) is 9.53. The average Bonchev–Trinajstić information content (AvgIpc) is 3.39. The molecule has 2 aliphatic rings. The SMILES string of the molecule is CN(C)CCCC1(c2ccc(F)cc2)OCc2cc(C#N)ccc21.CN(C)CCCN1c2ccccc2Sc2ccc(Cl)cc21. The first-order valence-electron chi connectivity index (χ1n) is 15.3. The summed E-state index contributed by atoms with van der Waals surface area (Å²) in [5.74, 6) is -0.250. The van der Waals surface area contributed by atoms with Gasteiger partial charge in [-0.25, -0.2) is 4.39 Å². The number of anilines is 2. The number of fused-ring (bicyclic) bond motifs is 3. The Bertz CT molecular complexity index is 1660. The quantitative estimate of drug-likeness (QED) is 0.182. The first kappa shape index (κ1) is 33.0. The molecule has 0 saturated heterocycles. The van der Waals surface area contributed by atoms with Gasteiger partial charge in [-0.05, 0) is 132 Å². The van der Waals surface area contributed by atoms with E-state index in [1.807, 2.05) is 50.1 Å². The number of ether oxygens (including phenoxy) is 1. The van der Waals surface area contributed by atoms with Crippen LogP contribution in [0.5, 0.6) is 0 Å². The van der Waals surface area contributed by atoms with Crippen LogP contribution in [0.25, 0.3) is 0 Å². The summed E-state index contributed by atoms with van der Waals surface area (Å²) in [5, 5.41) is 9.91. The van der Waals surface area contributed by atoms with Gasteiger partial charge in [0.2, 0.25) is 0 Å². The van der Waals surface area contributed by atoms with E-state index in [0.29, 0.717) is 12.2 Å². The topological polar surface area (TPSA) is 42.7 Å². The summed E-state index contributed by atoms with van der Waals surface area (Å²) in [6, 6.07) is 29.2. The fourth-order valence-electron chi connectivity index (χ4n) is 6.00. The third-order valence-electron chi connectivity index (χ3n) is 8.16. The largest absolute Gasteiger partial charge is 0.361 e. The van der Waals surface area contributed by atoms with Crippen LogP contribution in [0.1, 0.15) is 41.5 Å². The van der Waals surface area contributed by atoms with E-state index in [-0.39, 0.29) is 5.82 Å². The highest BCUT2D eigenvalue weighted by Crippen LogP contribution is 2.49. The molecule has 0 aliphatic carbocycles. The molecule has 0 N–H and O–H groups in total. The van der Waals surface area contributed by atoms with Gasteiger partial charge >= 0.3 is 0 Å². The van der Waals surface area contributed by atoms with Gasteiger partial charge in [0, 0.05) is 21.4 Å². The zero-order valence-corrected chi connectivity index (χ0v) is 28.0. The van der Waals surface area contributed by atoms with Crippen molar-refractivity contribution in [2.24, 2.45) is 0 Å². The Kier molecular flexibility index (Phi) is 10.9. The second-order valence-corrected chi connectivity index (χ2v) is 13.5. The molecule has 0 aromatic heterocycles.